The molecule has 2 aromatic rings. The van der Waals surface area contributed by atoms with Crippen LogP contribution in [0.1, 0.15) is 17.3 Å². The molecular weight excluding hydrogens is 334 g/mol. The molecule has 0 aliphatic rings. The highest BCUT2D eigenvalue weighted by molar-refractivity contribution is 7.99. The van der Waals surface area contributed by atoms with Gasteiger partial charge in [-0.25, -0.2) is 0 Å². The summed E-state index contributed by atoms with van der Waals surface area (Å²) in [5.41, 5.74) is 0.935. The lowest BCUT2D eigenvalue weighted by Gasteiger charge is -2.14. The van der Waals surface area contributed by atoms with E-state index in [9.17, 15) is 18.4 Å². The Kier molecular flexibility index (Phi) is 6.31. The van der Waals surface area contributed by atoms with E-state index < -0.39 is 17.7 Å². The van der Waals surface area contributed by atoms with Gasteiger partial charge in [0.1, 0.15) is 6.04 Å². The summed E-state index contributed by atoms with van der Waals surface area (Å²) in [7, 11) is 0. The fraction of sp³-hybridized carbons (Fsp3) is 0.176. The molecule has 7 heteroatoms. The van der Waals surface area contributed by atoms with E-state index in [4.69, 9.17) is 0 Å². The summed E-state index contributed by atoms with van der Waals surface area (Å²) in [5, 5.41) is 5.23. The summed E-state index contributed by atoms with van der Waals surface area (Å²) in [4.78, 5) is 24.5. The number of nitrogens with one attached hydrogen (secondary N) is 2. The molecular formula is C17H16F2N2O2S. The van der Waals surface area contributed by atoms with Crippen molar-refractivity contribution in [3.05, 3.63) is 60.2 Å². The van der Waals surface area contributed by atoms with Gasteiger partial charge >= 0.3 is 0 Å². The average Bonchev–Trinajstić information content (AvgIpc) is 2.56. The number of alkyl halides is 2. The van der Waals surface area contributed by atoms with Gasteiger partial charge in [-0.2, -0.15) is 8.78 Å². The number of rotatable bonds is 6. The van der Waals surface area contributed by atoms with E-state index in [2.05, 4.69) is 10.6 Å². The number of hydrogen-bond acceptors (Lipinski definition) is 3. The van der Waals surface area contributed by atoms with E-state index in [1.165, 1.54) is 24.3 Å². The molecule has 1 atom stereocenters. The molecule has 2 N–H and O–H groups in total. The molecule has 2 rings (SSSR count). The number of benzene rings is 2. The van der Waals surface area contributed by atoms with Crippen LogP contribution in [0.4, 0.5) is 14.5 Å². The predicted molar refractivity (Wildman–Crippen MR) is 90.3 cm³/mol. The fourth-order valence-corrected chi connectivity index (χ4v) is 2.40. The van der Waals surface area contributed by atoms with Crippen LogP contribution in [0.5, 0.6) is 0 Å². The van der Waals surface area contributed by atoms with Gasteiger partial charge < -0.3 is 10.6 Å². The molecule has 0 aromatic heterocycles. The third-order valence-corrected chi connectivity index (χ3v) is 3.85. The zero-order valence-corrected chi connectivity index (χ0v) is 13.6. The van der Waals surface area contributed by atoms with Crippen LogP contribution in [0.15, 0.2) is 59.5 Å². The van der Waals surface area contributed by atoms with Gasteiger partial charge in [0.05, 0.1) is 0 Å². The Balaban J connectivity index is 1.90. The van der Waals surface area contributed by atoms with Crippen molar-refractivity contribution in [3.8, 4) is 0 Å². The first-order valence-corrected chi connectivity index (χ1v) is 8.05. The molecule has 1 unspecified atom stereocenters. The second kappa shape index (κ2) is 8.44. The third kappa shape index (κ3) is 5.34. The summed E-state index contributed by atoms with van der Waals surface area (Å²) >= 11 is 0.435. The molecule has 0 saturated heterocycles. The van der Waals surface area contributed by atoms with Crippen molar-refractivity contribution in [2.75, 3.05) is 5.32 Å². The topological polar surface area (TPSA) is 58.2 Å². The largest absolute Gasteiger partial charge is 0.341 e. The van der Waals surface area contributed by atoms with Gasteiger partial charge in [-0.3, -0.25) is 9.59 Å². The van der Waals surface area contributed by atoms with E-state index in [0.29, 0.717) is 27.9 Å². The summed E-state index contributed by atoms with van der Waals surface area (Å²) in [6, 6.07) is 13.9. The number of carbonyl (C=O) groups excluding carboxylic acids is 2. The molecule has 126 valence electrons. The minimum absolute atomic E-state index is 0.345. The maximum Gasteiger partial charge on any atom is 0.288 e. The van der Waals surface area contributed by atoms with Crippen LogP contribution in [-0.4, -0.2) is 23.6 Å². The quantitative estimate of drug-likeness (QED) is 0.780. The van der Waals surface area contributed by atoms with Crippen LogP contribution in [0, 0.1) is 0 Å². The Morgan fingerprint density at radius 1 is 1.00 bits per heavy atom. The normalized spacial score (nSPS) is 11.8. The first-order valence-electron chi connectivity index (χ1n) is 7.17. The van der Waals surface area contributed by atoms with Gasteiger partial charge in [-0.05, 0) is 43.3 Å². The van der Waals surface area contributed by atoms with Gasteiger partial charge in [-0.1, -0.05) is 30.0 Å². The highest BCUT2D eigenvalue weighted by Crippen LogP contribution is 2.26. The molecule has 0 aliphatic carbocycles. The van der Waals surface area contributed by atoms with Crippen molar-refractivity contribution in [2.24, 2.45) is 0 Å². The lowest BCUT2D eigenvalue weighted by molar-refractivity contribution is -0.117. The Hall–Kier alpha value is -2.41. The van der Waals surface area contributed by atoms with Gasteiger partial charge in [0.25, 0.3) is 11.7 Å². The van der Waals surface area contributed by atoms with E-state index in [1.807, 2.05) is 0 Å². The van der Waals surface area contributed by atoms with Gasteiger partial charge in [-0.15, -0.1) is 0 Å². The van der Waals surface area contributed by atoms with Crippen molar-refractivity contribution in [1.29, 1.82) is 0 Å². The summed E-state index contributed by atoms with van der Waals surface area (Å²) in [5.74, 6) is -3.23. The molecule has 0 fully saturated rings. The number of carbonyl (C=O) groups is 2. The fourth-order valence-electron chi connectivity index (χ4n) is 1.91. The number of hydrogen-bond donors (Lipinski definition) is 2. The van der Waals surface area contributed by atoms with Gasteiger partial charge in [0.2, 0.25) is 5.91 Å². The Morgan fingerprint density at radius 3 is 2.21 bits per heavy atom. The molecule has 0 aliphatic heterocycles. The Bertz CT molecular complexity index is 693. The van der Waals surface area contributed by atoms with Crippen LogP contribution >= 0.6 is 11.8 Å². The zero-order chi connectivity index (χ0) is 17.5. The molecule has 0 bridgehead atoms. The Labute approximate surface area is 142 Å². The highest BCUT2D eigenvalue weighted by atomic mass is 32.2. The molecule has 2 amide bonds. The van der Waals surface area contributed by atoms with E-state index >= 15 is 0 Å². The number of halogens is 2. The summed E-state index contributed by atoms with van der Waals surface area (Å²) in [6.45, 7) is 1.57. The zero-order valence-electron chi connectivity index (χ0n) is 12.8. The average molecular weight is 350 g/mol. The van der Waals surface area contributed by atoms with E-state index in [0.717, 1.165) is 0 Å². The second-order valence-electron chi connectivity index (χ2n) is 4.95. The van der Waals surface area contributed by atoms with Crippen molar-refractivity contribution in [3.63, 3.8) is 0 Å². The minimum Gasteiger partial charge on any atom is -0.341 e. The maximum atomic E-state index is 12.3. The minimum atomic E-state index is -2.49. The standard InChI is InChI=1S/C17H16F2N2O2S/c1-11(20-16(23)12-5-3-2-4-6-12)15(22)21-13-7-9-14(10-8-13)24-17(18)19/h2-11,17H,1H3,(H,20,23)(H,21,22). The van der Waals surface area contributed by atoms with Crippen LogP contribution in [0.25, 0.3) is 0 Å². The smallest absolute Gasteiger partial charge is 0.288 e. The molecule has 0 spiro atoms. The maximum absolute atomic E-state index is 12.3. The van der Waals surface area contributed by atoms with Crippen LogP contribution in [-0.2, 0) is 4.79 Å². The van der Waals surface area contributed by atoms with Crippen LogP contribution < -0.4 is 10.6 Å². The van der Waals surface area contributed by atoms with Crippen molar-refractivity contribution in [1.82, 2.24) is 5.32 Å². The van der Waals surface area contributed by atoms with Gasteiger partial charge in [0, 0.05) is 16.1 Å². The SMILES string of the molecule is CC(NC(=O)c1ccccc1)C(=O)Nc1ccc(SC(F)F)cc1. The van der Waals surface area contributed by atoms with Crippen molar-refractivity contribution < 1.29 is 18.4 Å². The molecule has 0 radical (unpaired) electrons. The predicted octanol–water partition coefficient (Wildman–Crippen LogP) is 3.76. The lowest BCUT2D eigenvalue weighted by atomic mass is 10.2. The van der Waals surface area contributed by atoms with Crippen LogP contribution in [0.2, 0.25) is 0 Å². The van der Waals surface area contributed by atoms with Crippen molar-refractivity contribution in [2.45, 2.75) is 23.6 Å². The number of thioether (sulfide) groups is 1. The van der Waals surface area contributed by atoms with Crippen molar-refractivity contribution >= 4 is 29.3 Å². The van der Waals surface area contributed by atoms with E-state index in [-0.39, 0.29) is 5.91 Å². The summed E-state index contributed by atoms with van der Waals surface area (Å²) in [6.07, 6.45) is 0. The number of anilines is 1. The lowest BCUT2D eigenvalue weighted by Crippen LogP contribution is -2.41. The Morgan fingerprint density at radius 2 is 1.62 bits per heavy atom. The first-order chi connectivity index (χ1) is 11.5. The molecule has 2 aromatic carbocycles. The molecule has 24 heavy (non-hydrogen) atoms. The summed E-state index contributed by atoms with van der Waals surface area (Å²) < 4.78 is 24.5. The second-order valence-corrected chi connectivity index (χ2v) is 6.02. The monoisotopic (exact) mass is 350 g/mol. The third-order valence-electron chi connectivity index (χ3n) is 3.12. The molecule has 0 heterocycles. The highest BCUT2D eigenvalue weighted by Gasteiger charge is 2.16. The van der Waals surface area contributed by atoms with E-state index in [1.54, 1.807) is 37.3 Å². The van der Waals surface area contributed by atoms with Crippen LogP contribution in [0.3, 0.4) is 0 Å². The van der Waals surface area contributed by atoms with Gasteiger partial charge in [0.15, 0.2) is 0 Å². The first kappa shape index (κ1) is 17.9. The molecule has 0 saturated carbocycles. The number of amides is 2. The molecule has 4 nitrogen and oxygen atoms in total.